The van der Waals surface area contributed by atoms with E-state index in [1.54, 1.807) is 30.3 Å². The summed E-state index contributed by atoms with van der Waals surface area (Å²) in [5, 5.41) is 54.1. The number of hydrogen-bond donors (Lipinski definition) is 5. The maximum Gasteiger partial charge on any atom is 0.339 e. The fourth-order valence-corrected chi connectivity index (χ4v) is 6.92. The molecule has 4 heterocycles. The molecule has 0 bridgehead atoms. The van der Waals surface area contributed by atoms with Gasteiger partial charge in [-0.3, -0.25) is 4.79 Å². The summed E-state index contributed by atoms with van der Waals surface area (Å²) in [4.78, 5) is 25.8. The Kier molecular flexibility index (Phi) is 9.79. The van der Waals surface area contributed by atoms with Gasteiger partial charge in [0, 0.05) is 23.4 Å². The van der Waals surface area contributed by atoms with Crippen molar-refractivity contribution >= 4 is 22.7 Å². The Morgan fingerprint density at radius 1 is 0.827 bits per heavy atom. The highest BCUT2D eigenvalue weighted by atomic mass is 16.7. The van der Waals surface area contributed by atoms with Crippen LogP contribution in [0.2, 0.25) is 0 Å². The van der Waals surface area contributed by atoms with Crippen LogP contribution in [-0.2, 0) is 35.1 Å². The normalized spacial score (nSPS) is 30.8. The van der Waals surface area contributed by atoms with Gasteiger partial charge in [-0.1, -0.05) is 6.07 Å². The van der Waals surface area contributed by atoms with Crippen molar-refractivity contribution in [2.24, 2.45) is 0 Å². The summed E-state index contributed by atoms with van der Waals surface area (Å²) in [5.74, 6) is 0.211. The van der Waals surface area contributed by atoms with Crippen molar-refractivity contribution in [2.75, 3.05) is 27.6 Å². The lowest BCUT2D eigenvalue weighted by molar-refractivity contribution is -0.349. The zero-order valence-electron chi connectivity index (χ0n) is 28.4. The Morgan fingerprint density at radius 2 is 1.54 bits per heavy atom. The third-order valence-electron chi connectivity index (χ3n) is 9.51. The zero-order valence-corrected chi connectivity index (χ0v) is 28.4. The molecule has 52 heavy (non-hydrogen) atoms. The highest BCUT2D eigenvalue weighted by Gasteiger charge is 2.53. The fraction of sp³-hybridized carbons (Fsp3) is 0.486. The quantitative estimate of drug-likeness (QED) is 0.189. The van der Waals surface area contributed by atoms with Crippen LogP contribution in [0.4, 0.5) is 0 Å². The number of cyclic esters (lactones) is 1. The molecule has 2 saturated heterocycles. The van der Waals surface area contributed by atoms with Gasteiger partial charge in [-0.05, 0) is 42.1 Å². The van der Waals surface area contributed by atoms with Gasteiger partial charge in [-0.15, -0.1) is 0 Å². The van der Waals surface area contributed by atoms with Gasteiger partial charge in [0.2, 0.25) is 13.1 Å². The molecule has 4 aliphatic rings. The van der Waals surface area contributed by atoms with Crippen molar-refractivity contribution in [1.29, 1.82) is 0 Å². The summed E-state index contributed by atoms with van der Waals surface area (Å²) < 4.78 is 57.2. The molecule has 3 aromatic rings. The second kappa shape index (κ2) is 14.2. The average molecular weight is 731 g/mol. The Labute approximate surface area is 296 Å². The van der Waals surface area contributed by atoms with Gasteiger partial charge in [-0.2, -0.15) is 0 Å². The summed E-state index contributed by atoms with van der Waals surface area (Å²) in [6.07, 6.45) is -15.3. The molecule has 17 heteroatoms. The van der Waals surface area contributed by atoms with Crippen molar-refractivity contribution in [3.63, 3.8) is 0 Å². The number of rotatable bonds is 9. The molecule has 0 unspecified atom stereocenters. The smallest absolute Gasteiger partial charge is 0.339 e. The van der Waals surface area contributed by atoms with Crippen LogP contribution in [0.25, 0.3) is 21.9 Å². The summed E-state index contributed by atoms with van der Waals surface area (Å²) >= 11 is 0. The zero-order chi connectivity index (χ0) is 37.0. The number of esters is 2. The number of carbonyl (C=O) groups is 2. The van der Waals surface area contributed by atoms with Crippen LogP contribution in [0.5, 0.6) is 28.7 Å². The van der Waals surface area contributed by atoms with Gasteiger partial charge in [-0.25, -0.2) is 4.79 Å². The van der Waals surface area contributed by atoms with Crippen LogP contribution in [0.3, 0.4) is 0 Å². The van der Waals surface area contributed by atoms with Crippen LogP contribution in [-0.4, -0.2) is 127 Å². The maximum atomic E-state index is 13.5. The van der Waals surface area contributed by atoms with Crippen molar-refractivity contribution in [3.05, 3.63) is 41.5 Å². The van der Waals surface area contributed by atoms with Crippen molar-refractivity contribution in [3.8, 4) is 39.9 Å². The molecule has 0 aliphatic carbocycles. The van der Waals surface area contributed by atoms with E-state index in [1.807, 2.05) is 0 Å². The van der Waals surface area contributed by atoms with Crippen LogP contribution >= 0.6 is 0 Å². The second-order valence-corrected chi connectivity index (χ2v) is 12.6. The van der Waals surface area contributed by atoms with Crippen LogP contribution in [0.1, 0.15) is 29.8 Å². The van der Waals surface area contributed by atoms with E-state index in [9.17, 15) is 35.1 Å². The summed E-state index contributed by atoms with van der Waals surface area (Å²) in [5.41, 5.74) is 1.52. The topological polar surface area (TPSA) is 228 Å². The molecule has 0 aromatic heterocycles. The van der Waals surface area contributed by atoms with Gasteiger partial charge in [0.25, 0.3) is 0 Å². The molecular weight excluding hydrogens is 692 g/mol. The molecule has 17 nitrogen and oxygen atoms in total. The lowest BCUT2D eigenvalue weighted by atomic mass is 9.89. The fourth-order valence-electron chi connectivity index (χ4n) is 6.92. The molecule has 0 spiro atoms. The third kappa shape index (κ3) is 6.12. The standard InChI is InChI=1S/C35H38O17/c1-13-26(38)27(39)28(40)34(48-13)52-31-23(10-36)50-35(29(41)32(31)49-14(2)37)51-30-17-9-21(44-4)20(43-3)8-16(17)24(25-18(30)11-45-33(25)42)15-5-6-19-22(7-15)47-12-46-19/h5-9,13,23,26-29,31-32,34-36,38-41H,10-12H2,1-4H3/t13-,23-,26-,27+,28-,29-,31-,32-,34+,35+/m1/s1. The van der Waals surface area contributed by atoms with Gasteiger partial charge < -0.3 is 72.9 Å². The van der Waals surface area contributed by atoms with Gasteiger partial charge in [0.15, 0.2) is 41.5 Å². The van der Waals surface area contributed by atoms with Gasteiger partial charge in [0.1, 0.15) is 42.9 Å². The number of fused-ring (bicyclic) bond motifs is 3. The Balaban J connectivity index is 1.32. The lowest BCUT2D eigenvalue weighted by Crippen LogP contribution is -2.65. The number of hydrogen-bond acceptors (Lipinski definition) is 17. The Bertz CT molecular complexity index is 1860. The van der Waals surface area contributed by atoms with E-state index in [-0.39, 0.29) is 24.7 Å². The highest BCUT2D eigenvalue weighted by molar-refractivity contribution is 6.14. The van der Waals surface area contributed by atoms with E-state index in [0.717, 1.165) is 6.92 Å². The average Bonchev–Trinajstić information content (AvgIpc) is 3.77. The van der Waals surface area contributed by atoms with Crippen molar-refractivity contribution in [2.45, 2.75) is 81.9 Å². The monoisotopic (exact) mass is 730 g/mol. The SMILES string of the molecule is COc1cc2c(O[C@@H]3O[C@H](CO)[C@@H](O[C@@H]4O[C@H](C)[C@@H](O)[C@H](O)[C@H]4O)[C@H](OC(C)=O)[C@H]3O)c3c(c(-c4ccc5c(c4)OCO5)c2cc1OC)C(=O)OC3. The van der Waals surface area contributed by atoms with E-state index < -0.39 is 80.0 Å². The van der Waals surface area contributed by atoms with E-state index in [4.69, 9.17) is 47.4 Å². The number of aliphatic hydroxyl groups is 5. The minimum atomic E-state index is -1.80. The van der Waals surface area contributed by atoms with E-state index >= 15 is 0 Å². The predicted molar refractivity (Wildman–Crippen MR) is 173 cm³/mol. The first kappa shape index (κ1) is 35.9. The Morgan fingerprint density at radius 3 is 2.23 bits per heavy atom. The molecule has 10 atom stereocenters. The first-order valence-electron chi connectivity index (χ1n) is 16.4. The lowest BCUT2D eigenvalue weighted by Gasteiger charge is -2.46. The Hall–Kier alpha value is -4.46. The molecule has 280 valence electrons. The molecule has 4 aliphatic heterocycles. The second-order valence-electron chi connectivity index (χ2n) is 12.6. The minimum Gasteiger partial charge on any atom is -0.493 e. The number of benzene rings is 3. The van der Waals surface area contributed by atoms with E-state index in [0.29, 0.717) is 50.5 Å². The van der Waals surface area contributed by atoms with Crippen molar-refractivity contribution in [1.82, 2.24) is 0 Å². The molecule has 7 rings (SSSR count). The maximum absolute atomic E-state index is 13.5. The first-order chi connectivity index (χ1) is 24.9. The molecule has 2 fully saturated rings. The number of ether oxygens (including phenoxy) is 10. The molecule has 0 saturated carbocycles. The summed E-state index contributed by atoms with van der Waals surface area (Å²) in [6.45, 7) is 1.59. The number of carbonyl (C=O) groups excluding carboxylic acids is 2. The molecular formula is C35H38O17. The number of aliphatic hydroxyl groups excluding tert-OH is 5. The predicted octanol–water partition coefficient (Wildman–Crippen LogP) is 0.524. The van der Waals surface area contributed by atoms with Gasteiger partial charge >= 0.3 is 11.9 Å². The van der Waals surface area contributed by atoms with E-state index in [1.165, 1.54) is 21.1 Å². The van der Waals surface area contributed by atoms with Crippen LogP contribution < -0.4 is 23.7 Å². The van der Waals surface area contributed by atoms with Crippen LogP contribution in [0.15, 0.2) is 30.3 Å². The van der Waals surface area contributed by atoms with Crippen molar-refractivity contribution < 1.29 is 82.5 Å². The molecule has 3 aromatic carbocycles. The number of methoxy groups -OCH3 is 2. The van der Waals surface area contributed by atoms with E-state index in [2.05, 4.69) is 0 Å². The highest BCUT2D eigenvalue weighted by Crippen LogP contribution is 2.50. The summed E-state index contributed by atoms with van der Waals surface area (Å²) in [6, 6.07) is 8.51. The third-order valence-corrected chi connectivity index (χ3v) is 9.51. The molecule has 0 amide bonds. The first-order valence-corrected chi connectivity index (χ1v) is 16.4. The molecule has 0 radical (unpaired) electrons. The minimum absolute atomic E-state index is 0.0364. The van der Waals surface area contributed by atoms with Crippen LogP contribution in [0, 0.1) is 0 Å². The van der Waals surface area contributed by atoms with Gasteiger partial charge in [0.05, 0.1) is 32.5 Å². The largest absolute Gasteiger partial charge is 0.493 e. The summed E-state index contributed by atoms with van der Waals surface area (Å²) in [7, 11) is 2.90. The molecule has 5 N–H and O–H groups in total.